The van der Waals surface area contributed by atoms with E-state index in [-0.39, 0.29) is 29.7 Å². The zero-order valence-electron chi connectivity index (χ0n) is 19.7. The van der Waals surface area contributed by atoms with Crippen LogP contribution >= 0.6 is 0 Å². The van der Waals surface area contributed by atoms with Gasteiger partial charge in [-0.2, -0.15) is 0 Å². The van der Waals surface area contributed by atoms with Crippen LogP contribution < -0.4 is 10.1 Å². The Kier molecular flexibility index (Phi) is 4.46. The first-order valence-electron chi connectivity index (χ1n) is 12.5. The minimum Gasteiger partial charge on any atom is -0.489 e. The maximum absolute atomic E-state index is 13.1. The number of hydrogen-bond acceptors (Lipinski definition) is 7. The Morgan fingerprint density at radius 2 is 1.97 bits per heavy atom. The second-order valence-electron chi connectivity index (χ2n) is 10.8. The third-order valence-corrected chi connectivity index (χ3v) is 8.67. The van der Waals surface area contributed by atoms with Gasteiger partial charge in [0.1, 0.15) is 23.2 Å². The van der Waals surface area contributed by atoms with E-state index in [0.717, 1.165) is 55.3 Å². The van der Waals surface area contributed by atoms with Crippen molar-refractivity contribution in [3.05, 3.63) is 47.2 Å². The van der Waals surface area contributed by atoms with Crippen molar-refractivity contribution >= 4 is 17.7 Å². The number of oxazole rings is 1. The van der Waals surface area contributed by atoms with E-state index in [4.69, 9.17) is 9.15 Å². The van der Waals surface area contributed by atoms with Gasteiger partial charge in [-0.15, -0.1) is 0 Å². The number of hydrogen-bond donors (Lipinski definition) is 1. The number of carbonyl (C=O) groups is 3. The highest BCUT2D eigenvalue weighted by Crippen LogP contribution is 2.49. The summed E-state index contributed by atoms with van der Waals surface area (Å²) < 4.78 is 12.2. The summed E-state index contributed by atoms with van der Waals surface area (Å²) in [6.45, 7) is 4.17. The average molecular weight is 477 g/mol. The summed E-state index contributed by atoms with van der Waals surface area (Å²) in [7, 11) is 0. The van der Waals surface area contributed by atoms with E-state index in [1.54, 1.807) is 11.1 Å². The molecule has 9 nitrogen and oxygen atoms in total. The van der Waals surface area contributed by atoms with Crippen LogP contribution in [0.1, 0.15) is 65.6 Å². The molecular formula is C26H28N4O5. The fraction of sp³-hybridized carbons (Fsp3) is 0.538. The number of piperidine rings is 2. The molecule has 9 heteroatoms. The van der Waals surface area contributed by atoms with Crippen molar-refractivity contribution in [1.82, 2.24) is 20.1 Å². The van der Waals surface area contributed by atoms with E-state index in [2.05, 4.69) is 15.2 Å². The summed E-state index contributed by atoms with van der Waals surface area (Å²) in [6.07, 6.45) is 5.98. The van der Waals surface area contributed by atoms with E-state index in [1.807, 2.05) is 25.1 Å². The molecule has 4 aliphatic heterocycles. The van der Waals surface area contributed by atoms with Crippen molar-refractivity contribution < 1.29 is 23.5 Å². The maximum Gasteiger partial charge on any atom is 0.255 e. The molecule has 8 rings (SSSR count). The predicted molar refractivity (Wildman–Crippen MR) is 123 cm³/mol. The molecule has 182 valence electrons. The molecule has 5 heterocycles. The highest BCUT2D eigenvalue weighted by atomic mass is 16.5. The van der Waals surface area contributed by atoms with Crippen LogP contribution in [0.4, 0.5) is 0 Å². The van der Waals surface area contributed by atoms with Crippen LogP contribution in [0.15, 0.2) is 28.8 Å². The van der Waals surface area contributed by atoms with E-state index < -0.39 is 5.54 Å². The first-order valence-corrected chi connectivity index (χ1v) is 12.5. The van der Waals surface area contributed by atoms with Gasteiger partial charge in [0.2, 0.25) is 5.91 Å². The maximum atomic E-state index is 13.1. The molecule has 0 spiro atoms. The van der Waals surface area contributed by atoms with Crippen LogP contribution in [0.3, 0.4) is 0 Å². The summed E-state index contributed by atoms with van der Waals surface area (Å²) in [5.74, 6) is 1.93. The number of nitrogens with one attached hydrogen (secondary N) is 1. The Hall–Kier alpha value is -3.20. The summed E-state index contributed by atoms with van der Waals surface area (Å²) in [4.78, 5) is 46.1. The Morgan fingerprint density at radius 3 is 2.71 bits per heavy atom. The largest absolute Gasteiger partial charge is 0.489 e. The van der Waals surface area contributed by atoms with Crippen LogP contribution in [0.5, 0.6) is 5.75 Å². The third-order valence-electron chi connectivity index (χ3n) is 8.67. The molecule has 2 aliphatic carbocycles. The zero-order chi connectivity index (χ0) is 23.9. The number of rotatable bonds is 5. The molecule has 1 aromatic heterocycles. The molecule has 35 heavy (non-hydrogen) atoms. The molecule has 0 unspecified atom stereocenters. The Labute approximate surface area is 202 Å². The molecule has 1 aromatic carbocycles. The van der Waals surface area contributed by atoms with Gasteiger partial charge in [-0.1, -0.05) is 0 Å². The van der Waals surface area contributed by atoms with Crippen LogP contribution in [0.25, 0.3) is 0 Å². The second-order valence-corrected chi connectivity index (χ2v) is 10.8. The Morgan fingerprint density at radius 1 is 1.14 bits per heavy atom. The standard InChI is InChI=1S/C26H28N4O5/c1-14-10-27-23(34-14)17-11-29(12-17)20-3-2-4-21(20)35-18-5-6-19-15(7-18)13-30(24(19)32)26-8-16(9-26)22(31)28-25(26)33/h5-7,10,16-17,20-21H,2-4,8-9,11-13H2,1H3,(H,28,31,33)/t16?,20-,21+,26?/m1/s1. The lowest BCUT2D eigenvalue weighted by Gasteiger charge is -2.53. The quantitative estimate of drug-likeness (QED) is 0.660. The summed E-state index contributed by atoms with van der Waals surface area (Å²) in [5, 5.41) is 2.43. The van der Waals surface area contributed by atoms with Gasteiger partial charge in [0, 0.05) is 37.2 Å². The molecule has 6 aliphatic rings. The van der Waals surface area contributed by atoms with Crippen molar-refractivity contribution in [3.63, 3.8) is 0 Å². The smallest absolute Gasteiger partial charge is 0.255 e. The van der Waals surface area contributed by atoms with Gasteiger partial charge < -0.3 is 14.1 Å². The zero-order valence-corrected chi connectivity index (χ0v) is 19.7. The Bertz CT molecular complexity index is 1240. The lowest BCUT2D eigenvalue weighted by Crippen LogP contribution is -2.73. The molecule has 5 fully saturated rings. The van der Waals surface area contributed by atoms with Gasteiger partial charge in [-0.25, -0.2) is 4.98 Å². The van der Waals surface area contributed by atoms with Crippen LogP contribution in [-0.2, 0) is 16.1 Å². The highest BCUT2D eigenvalue weighted by Gasteiger charge is 2.63. The van der Waals surface area contributed by atoms with Gasteiger partial charge in [0.15, 0.2) is 5.89 Å². The first kappa shape index (κ1) is 21.1. The number of likely N-dealkylation sites (tertiary alicyclic amines) is 1. The summed E-state index contributed by atoms with van der Waals surface area (Å²) in [6, 6.07) is 6.01. The number of carbonyl (C=O) groups excluding carboxylic acids is 3. The van der Waals surface area contributed by atoms with Crippen molar-refractivity contribution in [1.29, 1.82) is 0 Å². The number of aryl methyl sites for hydroxylation is 1. The average Bonchev–Trinajstić information content (AvgIpc) is 3.47. The van der Waals surface area contributed by atoms with E-state index in [9.17, 15) is 14.4 Å². The number of aromatic nitrogens is 1. The number of nitrogens with zero attached hydrogens (tertiary/aromatic N) is 3. The predicted octanol–water partition coefficient (Wildman–Crippen LogP) is 2.14. The van der Waals surface area contributed by atoms with E-state index in [0.29, 0.717) is 36.9 Å². The molecule has 2 bridgehead atoms. The van der Waals surface area contributed by atoms with Crippen molar-refractivity contribution in [3.8, 4) is 5.75 Å². The van der Waals surface area contributed by atoms with Crippen molar-refractivity contribution in [2.75, 3.05) is 13.1 Å². The number of imide groups is 1. The van der Waals surface area contributed by atoms with Gasteiger partial charge in [-0.3, -0.25) is 24.6 Å². The number of amides is 3. The van der Waals surface area contributed by atoms with Gasteiger partial charge in [0.25, 0.3) is 11.8 Å². The van der Waals surface area contributed by atoms with Gasteiger partial charge in [0.05, 0.1) is 12.1 Å². The number of ether oxygens (including phenoxy) is 1. The van der Waals surface area contributed by atoms with Gasteiger partial charge in [-0.05, 0) is 62.8 Å². The van der Waals surface area contributed by atoms with E-state index >= 15 is 0 Å². The topological polar surface area (TPSA) is 105 Å². The van der Waals surface area contributed by atoms with Crippen LogP contribution in [0.2, 0.25) is 0 Å². The SMILES string of the molecule is Cc1cnc(C2CN([C@@H]3CCC[C@@H]3Oc3ccc4c(c3)CN(C35CC(C3)C(=O)NC5=O)C4=O)C2)o1. The second kappa shape index (κ2) is 7.40. The molecule has 2 saturated carbocycles. The number of benzene rings is 1. The molecular weight excluding hydrogens is 448 g/mol. The molecule has 2 atom stereocenters. The molecule has 0 radical (unpaired) electrons. The van der Waals surface area contributed by atoms with Gasteiger partial charge >= 0.3 is 0 Å². The molecule has 3 amide bonds. The number of fused-ring (bicyclic) bond motifs is 3. The third kappa shape index (κ3) is 3.10. The van der Waals surface area contributed by atoms with Crippen molar-refractivity contribution in [2.24, 2.45) is 5.92 Å². The monoisotopic (exact) mass is 476 g/mol. The first-order chi connectivity index (χ1) is 16.9. The fourth-order valence-corrected chi connectivity index (χ4v) is 6.65. The Balaban J connectivity index is 1.03. The summed E-state index contributed by atoms with van der Waals surface area (Å²) in [5.41, 5.74) is 0.615. The molecule has 1 N–H and O–H groups in total. The minimum atomic E-state index is -0.887. The fourth-order valence-electron chi connectivity index (χ4n) is 6.65. The van der Waals surface area contributed by atoms with Crippen LogP contribution in [-0.4, -0.2) is 63.3 Å². The molecule has 3 saturated heterocycles. The lowest BCUT2D eigenvalue weighted by atomic mass is 9.63. The molecule has 2 aromatic rings. The minimum absolute atomic E-state index is 0.106. The normalized spacial score (nSPS) is 32.3. The summed E-state index contributed by atoms with van der Waals surface area (Å²) >= 11 is 0. The van der Waals surface area contributed by atoms with Crippen molar-refractivity contribution in [2.45, 2.75) is 69.2 Å². The lowest BCUT2D eigenvalue weighted by molar-refractivity contribution is -0.160. The van der Waals surface area contributed by atoms with Crippen LogP contribution in [0, 0.1) is 12.8 Å². The van der Waals surface area contributed by atoms with E-state index in [1.165, 1.54) is 0 Å². The highest BCUT2D eigenvalue weighted by molar-refractivity contribution is 6.10.